The third-order valence-electron chi connectivity index (χ3n) is 2.19. The third kappa shape index (κ3) is 5.04. The van der Waals surface area contributed by atoms with Crippen molar-refractivity contribution >= 4 is 0 Å². The quantitative estimate of drug-likeness (QED) is 0.685. The maximum absolute atomic E-state index is 5.47. The van der Waals surface area contributed by atoms with Gasteiger partial charge in [-0.1, -0.05) is 13.8 Å². The van der Waals surface area contributed by atoms with E-state index in [1.165, 1.54) is 0 Å². The molecule has 0 saturated carbocycles. The standard InChI is InChI=1S/C13H20NO3/c1-10(2)5-6-17-9-11-7-12(15-3)14-13(8-11)16-4/h6-8,10H,5,9H2,1-4H3. The molecule has 1 radical (unpaired) electrons. The van der Waals surface area contributed by atoms with Gasteiger partial charge in [-0.05, 0) is 17.9 Å². The molecule has 0 spiro atoms. The summed E-state index contributed by atoms with van der Waals surface area (Å²) in [5.74, 6) is 1.68. The smallest absolute Gasteiger partial charge is 0.216 e. The van der Waals surface area contributed by atoms with E-state index in [1.54, 1.807) is 14.2 Å². The van der Waals surface area contributed by atoms with E-state index in [4.69, 9.17) is 14.2 Å². The van der Waals surface area contributed by atoms with Crippen LogP contribution >= 0.6 is 0 Å². The maximum atomic E-state index is 5.47. The first-order valence-electron chi connectivity index (χ1n) is 5.68. The summed E-state index contributed by atoms with van der Waals surface area (Å²) in [7, 11) is 3.16. The van der Waals surface area contributed by atoms with Crippen LogP contribution < -0.4 is 9.47 Å². The zero-order chi connectivity index (χ0) is 12.7. The molecule has 1 heterocycles. The van der Waals surface area contributed by atoms with Crippen molar-refractivity contribution in [3.63, 3.8) is 0 Å². The summed E-state index contributed by atoms with van der Waals surface area (Å²) in [6.45, 7) is 6.64. The molecule has 0 aliphatic heterocycles. The second-order valence-corrected chi connectivity index (χ2v) is 4.17. The molecule has 4 nitrogen and oxygen atoms in total. The number of rotatable bonds is 7. The molecule has 0 saturated heterocycles. The van der Waals surface area contributed by atoms with Gasteiger partial charge in [0.15, 0.2) is 0 Å². The van der Waals surface area contributed by atoms with E-state index in [0.717, 1.165) is 12.0 Å². The van der Waals surface area contributed by atoms with E-state index in [-0.39, 0.29) is 0 Å². The van der Waals surface area contributed by atoms with Gasteiger partial charge < -0.3 is 14.2 Å². The van der Waals surface area contributed by atoms with Crippen molar-refractivity contribution < 1.29 is 14.2 Å². The minimum absolute atomic E-state index is 0.502. The molecule has 0 aliphatic carbocycles. The first-order valence-corrected chi connectivity index (χ1v) is 5.68. The number of hydrogen-bond donors (Lipinski definition) is 0. The fourth-order valence-corrected chi connectivity index (χ4v) is 1.24. The first kappa shape index (κ1) is 13.8. The Morgan fingerprint density at radius 2 is 1.76 bits per heavy atom. The van der Waals surface area contributed by atoms with Crippen LogP contribution in [-0.2, 0) is 11.3 Å². The van der Waals surface area contributed by atoms with Gasteiger partial charge in [-0.3, -0.25) is 0 Å². The van der Waals surface area contributed by atoms with Crippen LogP contribution in [0.3, 0.4) is 0 Å². The second kappa shape index (κ2) is 7.12. The topological polar surface area (TPSA) is 40.6 Å². The van der Waals surface area contributed by atoms with Crippen LogP contribution in [0.1, 0.15) is 25.8 Å². The van der Waals surface area contributed by atoms with Gasteiger partial charge >= 0.3 is 0 Å². The van der Waals surface area contributed by atoms with E-state index < -0.39 is 0 Å². The van der Waals surface area contributed by atoms with Gasteiger partial charge in [0, 0.05) is 12.1 Å². The van der Waals surface area contributed by atoms with E-state index >= 15 is 0 Å². The number of nitrogens with zero attached hydrogens (tertiary/aromatic N) is 1. The Bertz CT molecular complexity index is 317. The lowest BCUT2D eigenvalue weighted by Gasteiger charge is -2.08. The normalized spacial score (nSPS) is 10.6. The zero-order valence-electron chi connectivity index (χ0n) is 10.9. The minimum atomic E-state index is 0.502. The number of ether oxygens (including phenoxy) is 3. The number of pyridine rings is 1. The van der Waals surface area contributed by atoms with Gasteiger partial charge in [0.2, 0.25) is 11.8 Å². The van der Waals surface area contributed by atoms with E-state index in [1.807, 2.05) is 18.7 Å². The number of methoxy groups -OCH3 is 2. The molecule has 0 bridgehead atoms. The van der Waals surface area contributed by atoms with Crippen molar-refractivity contribution in [2.24, 2.45) is 5.92 Å². The summed E-state index contributed by atoms with van der Waals surface area (Å²) < 4.78 is 15.6. The lowest BCUT2D eigenvalue weighted by Crippen LogP contribution is -1.98. The average Bonchev–Trinajstić information content (AvgIpc) is 2.34. The Hall–Kier alpha value is -1.29. The van der Waals surface area contributed by atoms with E-state index in [9.17, 15) is 0 Å². The van der Waals surface area contributed by atoms with Gasteiger partial charge in [0.05, 0.1) is 27.4 Å². The van der Waals surface area contributed by atoms with Crippen LogP contribution in [-0.4, -0.2) is 19.2 Å². The van der Waals surface area contributed by atoms with Crippen LogP contribution in [0.2, 0.25) is 0 Å². The monoisotopic (exact) mass is 238 g/mol. The Morgan fingerprint density at radius 1 is 1.18 bits per heavy atom. The summed E-state index contributed by atoms with van der Waals surface area (Å²) in [5.41, 5.74) is 0.980. The average molecular weight is 238 g/mol. The van der Waals surface area contributed by atoms with Crippen molar-refractivity contribution in [2.75, 3.05) is 14.2 Å². The van der Waals surface area contributed by atoms with Crippen LogP contribution in [0.4, 0.5) is 0 Å². The van der Waals surface area contributed by atoms with Gasteiger partial charge in [0.1, 0.15) is 0 Å². The highest BCUT2D eigenvalue weighted by Gasteiger charge is 2.04. The summed E-state index contributed by atoms with van der Waals surface area (Å²) in [5, 5.41) is 0. The molecule has 1 aromatic heterocycles. The van der Waals surface area contributed by atoms with Crippen LogP contribution in [0.15, 0.2) is 12.1 Å². The molecule has 0 unspecified atom stereocenters. The van der Waals surface area contributed by atoms with Gasteiger partial charge in [-0.2, -0.15) is 4.98 Å². The Balaban J connectivity index is 2.51. The lowest BCUT2D eigenvalue weighted by atomic mass is 10.1. The zero-order valence-corrected chi connectivity index (χ0v) is 10.9. The molecule has 0 aliphatic rings. The van der Waals surface area contributed by atoms with E-state index in [2.05, 4.69) is 18.8 Å². The molecule has 0 fully saturated rings. The Kier molecular flexibility index (Phi) is 5.77. The highest BCUT2D eigenvalue weighted by Crippen LogP contribution is 2.18. The van der Waals surface area contributed by atoms with Crippen molar-refractivity contribution in [1.82, 2.24) is 4.98 Å². The fourth-order valence-electron chi connectivity index (χ4n) is 1.24. The highest BCUT2D eigenvalue weighted by atomic mass is 16.5. The molecular formula is C13H20NO3. The van der Waals surface area contributed by atoms with Crippen LogP contribution in [0.25, 0.3) is 0 Å². The lowest BCUT2D eigenvalue weighted by molar-refractivity contribution is 0.170. The largest absolute Gasteiger partial charge is 0.481 e. The maximum Gasteiger partial charge on any atom is 0.216 e. The molecule has 95 valence electrons. The van der Waals surface area contributed by atoms with Crippen LogP contribution in [0, 0.1) is 12.5 Å². The molecular weight excluding hydrogens is 218 g/mol. The summed E-state index contributed by atoms with van der Waals surface area (Å²) in [4.78, 5) is 4.12. The van der Waals surface area contributed by atoms with Crippen LogP contribution in [0.5, 0.6) is 11.8 Å². The van der Waals surface area contributed by atoms with E-state index in [0.29, 0.717) is 24.3 Å². The first-order chi connectivity index (χ1) is 8.15. The Morgan fingerprint density at radius 3 is 2.24 bits per heavy atom. The molecule has 0 atom stereocenters. The summed E-state index contributed by atoms with van der Waals surface area (Å²) in [6, 6.07) is 3.68. The van der Waals surface area contributed by atoms with Crippen molar-refractivity contribution in [2.45, 2.75) is 26.9 Å². The van der Waals surface area contributed by atoms with Crippen molar-refractivity contribution in [3.8, 4) is 11.8 Å². The number of hydrogen-bond acceptors (Lipinski definition) is 4. The minimum Gasteiger partial charge on any atom is -0.481 e. The number of aromatic nitrogens is 1. The van der Waals surface area contributed by atoms with Gasteiger partial charge in [-0.15, -0.1) is 0 Å². The summed E-state index contributed by atoms with van der Waals surface area (Å²) >= 11 is 0. The third-order valence-corrected chi connectivity index (χ3v) is 2.19. The SMILES string of the molecule is COc1cc(CO[CH]CC(C)C)cc(OC)n1. The molecule has 0 aromatic carbocycles. The predicted octanol–water partition coefficient (Wildman–Crippen LogP) is 2.82. The fraction of sp³-hybridized carbons (Fsp3) is 0.538. The second-order valence-electron chi connectivity index (χ2n) is 4.17. The summed E-state index contributed by atoms with van der Waals surface area (Å²) in [6.07, 6.45) is 0.944. The molecule has 0 N–H and O–H groups in total. The Labute approximate surface area is 103 Å². The van der Waals surface area contributed by atoms with Gasteiger partial charge in [0.25, 0.3) is 0 Å². The van der Waals surface area contributed by atoms with Crippen molar-refractivity contribution in [3.05, 3.63) is 24.3 Å². The molecule has 1 aromatic rings. The van der Waals surface area contributed by atoms with Crippen molar-refractivity contribution in [1.29, 1.82) is 0 Å². The molecule has 17 heavy (non-hydrogen) atoms. The molecule has 1 rings (SSSR count). The highest BCUT2D eigenvalue weighted by molar-refractivity contribution is 5.27. The predicted molar refractivity (Wildman–Crippen MR) is 65.9 cm³/mol. The molecule has 4 heteroatoms. The van der Waals surface area contributed by atoms with Gasteiger partial charge in [-0.25, -0.2) is 0 Å². The molecule has 0 amide bonds.